The van der Waals surface area contributed by atoms with E-state index in [2.05, 4.69) is 32.4 Å². The van der Waals surface area contributed by atoms with E-state index in [4.69, 9.17) is 4.74 Å². The Hall–Kier alpha value is -2.19. The van der Waals surface area contributed by atoms with E-state index >= 15 is 0 Å². The van der Waals surface area contributed by atoms with Crippen LogP contribution in [0.5, 0.6) is 5.88 Å². The van der Waals surface area contributed by atoms with Crippen molar-refractivity contribution in [3.05, 3.63) is 29.4 Å². The second-order valence-electron chi connectivity index (χ2n) is 5.82. The van der Waals surface area contributed by atoms with Crippen LogP contribution in [0.3, 0.4) is 0 Å². The van der Waals surface area contributed by atoms with Gasteiger partial charge in [0.1, 0.15) is 0 Å². The predicted octanol–water partition coefficient (Wildman–Crippen LogP) is 2.19. The number of aromatic nitrogens is 2. The third-order valence-corrected chi connectivity index (χ3v) is 4.98. The molecule has 2 aromatic heterocycles. The minimum atomic E-state index is -0.0924. The third-order valence-electron chi connectivity index (χ3n) is 4.08. The summed E-state index contributed by atoms with van der Waals surface area (Å²) < 4.78 is 5.15. The van der Waals surface area contributed by atoms with Crippen LogP contribution in [0.4, 0.5) is 10.8 Å². The number of pyridine rings is 1. The summed E-state index contributed by atoms with van der Waals surface area (Å²) in [6.45, 7) is 5.49. The molecular formula is C16H21N5O2S. The smallest absolute Gasteiger partial charge is 0.223 e. The summed E-state index contributed by atoms with van der Waals surface area (Å²) >= 11 is 1.52. The molecule has 1 saturated heterocycles. The van der Waals surface area contributed by atoms with Gasteiger partial charge in [-0.1, -0.05) is 0 Å². The van der Waals surface area contributed by atoms with Gasteiger partial charge in [-0.15, -0.1) is 11.3 Å². The van der Waals surface area contributed by atoms with Crippen LogP contribution in [0.15, 0.2) is 24.5 Å². The molecule has 1 amide bonds. The molecule has 1 fully saturated rings. The van der Waals surface area contributed by atoms with Gasteiger partial charge in [0.05, 0.1) is 13.2 Å². The van der Waals surface area contributed by atoms with E-state index < -0.39 is 0 Å². The third kappa shape index (κ3) is 3.82. The van der Waals surface area contributed by atoms with Gasteiger partial charge in [-0.25, -0.2) is 9.97 Å². The fourth-order valence-electron chi connectivity index (χ4n) is 2.68. The van der Waals surface area contributed by atoms with Crippen molar-refractivity contribution in [2.24, 2.45) is 0 Å². The van der Waals surface area contributed by atoms with Gasteiger partial charge < -0.3 is 15.4 Å². The lowest BCUT2D eigenvalue weighted by Crippen LogP contribution is -2.61. The fourth-order valence-corrected chi connectivity index (χ4v) is 3.56. The molecule has 0 aromatic carbocycles. The number of nitrogens with zero attached hydrogens (tertiary/aromatic N) is 3. The average Bonchev–Trinajstić information content (AvgIpc) is 3.00. The molecule has 24 heavy (non-hydrogen) atoms. The van der Waals surface area contributed by atoms with Gasteiger partial charge in [0.2, 0.25) is 11.8 Å². The zero-order valence-corrected chi connectivity index (χ0v) is 14.8. The molecule has 2 aromatic rings. The number of carbonyl (C=O) groups is 1. The first kappa shape index (κ1) is 16.7. The largest absolute Gasteiger partial charge is 0.481 e. The summed E-state index contributed by atoms with van der Waals surface area (Å²) in [7, 11) is 1.62. The average molecular weight is 347 g/mol. The van der Waals surface area contributed by atoms with E-state index in [1.165, 1.54) is 18.3 Å². The van der Waals surface area contributed by atoms with E-state index in [9.17, 15) is 4.79 Å². The van der Waals surface area contributed by atoms with Crippen molar-refractivity contribution in [3.8, 4) is 5.88 Å². The fraction of sp³-hybridized carbons (Fsp3) is 0.438. The van der Waals surface area contributed by atoms with Crippen molar-refractivity contribution >= 4 is 28.1 Å². The van der Waals surface area contributed by atoms with Gasteiger partial charge in [0.15, 0.2) is 5.13 Å². The van der Waals surface area contributed by atoms with E-state index in [1.807, 2.05) is 18.3 Å². The van der Waals surface area contributed by atoms with Gasteiger partial charge in [-0.05, 0) is 13.0 Å². The highest BCUT2D eigenvalue weighted by Gasteiger charge is 2.35. The minimum Gasteiger partial charge on any atom is -0.481 e. The Morgan fingerprint density at radius 2 is 2.33 bits per heavy atom. The highest BCUT2D eigenvalue weighted by molar-refractivity contribution is 7.15. The topological polar surface area (TPSA) is 79.4 Å². The van der Waals surface area contributed by atoms with Crippen LogP contribution < -0.4 is 15.4 Å². The number of thiazole rings is 1. The molecular weight excluding hydrogens is 326 g/mol. The number of ether oxygens (including phenoxy) is 1. The summed E-state index contributed by atoms with van der Waals surface area (Å²) in [4.78, 5) is 22.9. The van der Waals surface area contributed by atoms with E-state index in [-0.39, 0.29) is 5.91 Å². The maximum atomic E-state index is 11.0. The Morgan fingerprint density at radius 1 is 1.50 bits per heavy atom. The number of nitrogens with one attached hydrogen (secondary N) is 2. The molecule has 3 rings (SSSR count). The molecule has 2 N–H and O–H groups in total. The van der Waals surface area contributed by atoms with Crippen molar-refractivity contribution in [1.82, 2.24) is 14.9 Å². The molecule has 1 aliphatic rings. The highest BCUT2D eigenvalue weighted by atomic mass is 32.1. The molecule has 0 spiro atoms. The maximum Gasteiger partial charge on any atom is 0.223 e. The number of hydrogen-bond donors (Lipinski definition) is 2. The Labute approximate surface area is 145 Å². The van der Waals surface area contributed by atoms with Gasteiger partial charge >= 0.3 is 0 Å². The monoisotopic (exact) mass is 347 g/mol. The van der Waals surface area contributed by atoms with Crippen molar-refractivity contribution < 1.29 is 9.53 Å². The number of likely N-dealkylation sites (tertiary alicyclic amines) is 1. The quantitative estimate of drug-likeness (QED) is 0.834. The zero-order valence-electron chi connectivity index (χ0n) is 13.9. The lowest BCUT2D eigenvalue weighted by molar-refractivity contribution is -0.114. The van der Waals surface area contributed by atoms with Crippen molar-refractivity contribution in [1.29, 1.82) is 0 Å². The first-order chi connectivity index (χ1) is 11.5. The van der Waals surface area contributed by atoms with Crippen LogP contribution in [-0.2, 0) is 11.3 Å². The van der Waals surface area contributed by atoms with Crippen molar-refractivity contribution in [2.75, 3.05) is 24.3 Å². The summed E-state index contributed by atoms with van der Waals surface area (Å²) in [6.07, 6.45) is 3.57. The number of anilines is 2. The SMILES string of the molecule is COc1cc(N[C@@H]2CN(Cc3cnc(NC(C)=O)s3)[C@@H]2C)ccn1. The molecule has 2 atom stereocenters. The molecule has 128 valence electrons. The summed E-state index contributed by atoms with van der Waals surface area (Å²) in [6, 6.07) is 4.65. The lowest BCUT2D eigenvalue weighted by Gasteiger charge is -2.46. The van der Waals surface area contributed by atoms with Crippen LogP contribution >= 0.6 is 11.3 Å². The van der Waals surface area contributed by atoms with Crippen molar-refractivity contribution in [2.45, 2.75) is 32.5 Å². The summed E-state index contributed by atoms with van der Waals surface area (Å²) in [5.74, 6) is 0.518. The zero-order chi connectivity index (χ0) is 17.1. The Morgan fingerprint density at radius 3 is 3.04 bits per heavy atom. The number of amides is 1. The minimum absolute atomic E-state index is 0.0924. The van der Waals surface area contributed by atoms with Crippen LogP contribution in [0, 0.1) is 0 Å². The molecule has 3 heterocycles. The first-order valence-electron chi connectivity index (χ1n) is 7.78. The molecule has 8 heteroatoms. The second kappa shape index (κ2) is 7.14. The molecule has 0 saturated carbocycles. The molecule has 1 aliphatic heterocycles. The lowest BCUT2D eigenvalue weighted by atomic mass is 9.97. The van der Waals surface area contributed by atoms with E-state index in [0.29, 0.717) is 23.1 Å². The van der Waals surface area contributed by atoms with Crippen LogP contribution in [0.2, 0.25) is 0 Å². The van der Waals surface area contributed by atoms with Gasteiger partial charge in [-0.2, -0.15) is 0 Å². The van der Waals surface area contributed by atoms with Crippen molar-refractivity contribution in [3.63, 3.8) is 0 Å². The normalized spacial score (nSPS) is 20.3. The Balaban J connectivity index is 1.52. The molecule has 0 aliphatic carbocycles. The summed E-state index contributed by atoms with van der Waals surface area (Å²) in [5, 5.41) is 6.89. The number of carbonyl (C=O) groups excluding carboxylic acids is 1. The van der Waals surface area contributed by atoms with Gasteiger partial charge in [0.25, 0.3) is 0 Å². The van der Waals surface area contributed by atoms with E-state index in [1.54, 1.807) is 13.3 Å². The number of hydrogen-bond acceptors (Lipinski definition) is 7. The standard InChI is InChI=1S/C16H21N5O2S/c1-10-14(20-12-4-5-17-15(6-12)23-3)9-21(10)8-13-7-18-16(24-13)19-11(2)22/h4-7,10,14H,8-9H2,1-3H3,(H,17,20)(H,18,19,22)/t10-,14-/m1/s1. The number of methoxy groups -OCH3 is 1. The Kier molecular flexibility index (Phi) is 4.96. The van der Waals surface area contributed by atoms with Gasteiger partial charge in [-0.3, -0.25) is 9.69 Å². The van der Waals surface area contributed by atoms with Gasteiger partial charge in [0, 0.05) is 55.1 Å². The van der Waals surface area contributed by atoms with Crippen LogP contribution in [-0.4, -0.2) is 46.5 Å². The maximum absolute atomic E-state index is 11.0. The highest BCUT2D eigenvalue weighted by Crippen LogP contribution is 2.27. The summed E-state index contributed by atoms with van der Waals surface area (Å²) in [5.41, 5.74) is 1.02. The predicted molar refractivity (Wildman–Crippen MR) is 94.5 cm³/mol. The van der Waals surface area contributed by atoms with E-state index in [0.717, 1.165) is 23.7 Å². The molecule has 0 radical (unpaired) electrons. The molecule has 7 nitrogen and oxygen atoms in total. The van der Waals surface area contributed by atoms with Crippen LogP contribution in [0.1, 0.15) is 18.7 Å². The molecule has 0 bridgehead atoms. The van der Waals surface area contributed by atoms with Crippen LogP contribution in [0.25, 0.3) is 0 Å². The second-order valence-corrected chi connectivity index (χ2v) is 6.94. The molecule has 0 unspecified atom stereocenters. The Bertz CT molecular complexity index is 720. The first-order valence-corrected chi connectivity index (χ1v) is 8.59. The number of rotatable bonds is 6.